The molecule has 0 unspecified atom stereocenters. The van der Waals surface area contributed by atoms with E-state index in [4.69, 9.17) is 4.74 Å². The SMILES string of the molecule is CC[C@@H](NC(=O)C(C)(C)N1CCOCC1)c1cccs1. The molecule has 1 amide bonds. The summed E-state index contributed by atoms with van der Waals surface area (Å²) >= 11 is 1.70. The fraction of sp³-hybridized carbons (Fsp3) is 0.667. The Morgan fingerprint density at radius 1 is 1.50 bits per heavy atom. The zero-order valence-corrected chi connectivity index (χ0v) is 13.3. The maximum atomic E-state index is 12.6. The molecule has 0 spiro atoms. The number of nitrogens with zero attached hydrogens (tertiary/aromatic N) is 1. The summed E-state index contributed by atoms with van der Waals surface area (Å²) < 4.78 is 5.36. The van der Waals surface area contributed by atoms with Crippen LogP contribution in [0.1, 0.15) is 38.1 Å². The summed E-state index contributed by atoms with van der Waals surface area (Å²) in [6, 6.07) is 4.23. The van der Waals surface area contributed by atoms with Gasteiger partial charge in [0.25, 0.3) is 0 Å². The number of hydrogen-bond donors (Lipinski definition) is 1. The molecular weight excluding hydrogens is 272 g/mol. The van der Waals surface area contributed by atoms with E-state index < -0.39 is 5.54 Å². The first kappa shape index (κ1) is 15.5. The maximum absolute atomic E-state index is 12.6. The number of thiophene rings is 1. The van der Waals surface area contributed by atoms with Gasteiger partial charge in [-0.1, -0.05) is 13.0 Å². The van der Waals surface area contributed by atoms with Crippen LogP contribution in [0.5, 0.6) is 0 Å². The third-order valence-electron chi connectivity index (χ3n) is 3.96. The highest BCUT2D eigenvalue weighted by molar-refractivity contribution is 7.10. The molecule has 1 atom stereocenters. The highest BCUT2D eigenvalue weighted by Crippen LogP contribution is 2.24. The van der Waals surface area contributed by atoms with Crippen LogP contribution in [-0.2, 0) is 9.53 Å². The Hall–Kier alpha value is -0.910. The average Bonchev–Trinajstić information content (AvgIpc) is 2.99. The molecule has 20 heavy (non-hydrogen) atoms. The highest BCUT2D eigenvalue weighted by Gasteiger charge is 2.36. The van der Waals surface area contributed by atoms with E-state index >= 15 is 0 Å². The second kappa shape index (κ2) is 6.70. The molecule has 0 saturated carbocycles. The van der Waals surface area contributed by atoms with E-state index in [0.717, 1.165) is 19.5 Å². The normalized spacial score (nSPS) is 18.8. The number of ether oxygens (including phenoxy) is 1. The lowest BCUT2D eigenvalue weighted by atomic mass is 9.99. The topological polar surface area (TPSA) is 41.6 Å². The van der Waals surface area contributed by atoms with E-state index in [1.54, 1.807) is 11.3 Å². The summed E-state index contributed by atoms with van der Waals surface area (Å²) in [6.07, 6.45) is 0.908. The van der Waals surface area contributed by atoms with E-state index in [1.807, 2.05) is 19.9 Å². The van der Waals surface area contributed by atoms with Gasteiger partial charge >= 0.3 is 0 Å². The van der Waals surface area contributed by atoms with Crippen LogP contribution < -0.4 is 5.32 Å². The van der Waals surface area contributed by atoms with Gasteiger partial charge in [0.2, 0.25) is 5.91 Å². The van der Waals surface area contributed by atoms with E-state index in [0.29, 0.717) is 13.2 Å². The van der Waals surface area contributed by atoms with Gasteiger partial charge in [-0.2, -0.15) is 0 Å². The lowest BCUT2D eigenvalue weighted by Crippen LogP contribution is -2.58. The number of amides is 1. The van der Waals surface area contributed by atoms with Crippen molar-refractivity contribution in [2.75, 3.05) is 26.3 Å². The Balaban J connectivity index is 2.02. The summed E-state index contributed by atoms with van der Waals surface area (Å²) in [6.45, 7) is 9.14. The van der Waals surface area contributed by atoms with Crippen LogP contribution in [0.2, 0.25) is 0 Å². The van der Waals surface area contributed by atoms with Gasteiger partial charge in [0.15, 0.2) is 0 Å². The monoisotopic (exact) mass is 296 g/mol. The van der Waals surface area contributed by atoms with Crippen LogP contribution in [-0.4, -0.2) is 42.6 Å². The van der Waals surface area contributed by atoms with Gasteiger partial charge in [-0.15, -0.1) is 11.3 Å². The van der Waals surface area contributed by atoms with Gasteiger partial charge in [0.05, 0.1) is 24.8 Å². The lowest BCUT2D eigenvalue weighted by molar-refractivity contribution is -0.135. The van der Waals surface area contributed by atoms with Gasteiger partial charge in [-0.05, 0) is 31.7 Å². The Morgan fingerprint density at radius 2 is 2.20 bits per heavy atom. The second-order valence-electron chi connectivity index (χ2n) is 5.61. The average molecular weight is 296 g/mol. The number of nitrogens with one attached hydrogen (secondary N) is 1. The predicted octanol–water partition coefficient (Wildman–Crippen LogP) is 2.43. The smallest absolute Gasteiger partial charge is 0.240 e. The molecule has 0 aliphatic carbocycles. The maximum Gasteiger partial charge on any atom is 0.240 e. The third kappa shape index (κ3) is 3.40. The number of morpholine rings is 1. The van der Waals surface area contributed by atoms with Crippen molar-refractivity contribution in [1.82, 2.24) is 10.2 Å². The molecule has 0 bridgehead atoms. The highest BCUT2D eigenvalue weighted by atomic mass is 32.1. The minimum Gasteiger partial charge on any atom is -0.379 e. The molecule has 1 aromatic rings. The summed E-state index contributed by atoms with van der Waals surface area (Å²) in [4.78, 5) is 16.1. The summed E-state index contributed by atoms with van der Waals surface area (Å²) in [5, 5.41) is 5.25. The molecule has 112 valence electrons. The summed E-state index contributed by atoms with van der Waals surface area (Å²) in [7, 11) is 0. The van der Waals surface area contributed by atoms with Crippen LogP contribution in [0.3, 0.4) is 0 Å². The van der Waals surface area contributed by atoms with Crippen LogP contribution in [0.15, 0.2) is 17.5 Å². The molecule has 2 heterocycles. The Labute approximate surface area is 125 Å². The third-order valence-corrected chi connectivity index (χ3v) is 4.94. The first-order chi connectivity index (χ1) is 9.55. The Bertz CT molecular complexity index is 425. The molecule has 5 heteroatoms. The molecule has 0 aromatic carbocycles. The fourth-order valence-corrected chi connectivity index (χ4v) is 3.33. The van der Waals surface area contributed by atoms with Crippen LogP contribution in [0, 0.1) is 0 Å². The largest absolute Gasteiger partial charge is 0.379 e. The molecule has 4 nitrogen and oxygen atoms in total. The first-order valence-corrected chi connectivity index (χ1v) is 8.11. The molecule has 1 aromatic heterocycles. The van der Waals surface area contributed by atoms with Crippen LogP contribution in [0.25, 0.3) is 0 Å². The predicted molar refractivity (Wildman–Crippen MR) is 82.0 cm³/mol. The lowest BCUT2D eigenvalue weighted by Gasteiger charge is -2.40. The number of carbonyl (C=O) groups excluding carboxylic acids is 1. The van der Waals surface area contributed by atoms with Gasteiger partial charge in [-0.3, -0.25) is 9.69 Å². The van der Waals surface area contributed by atoms with Crippen molar-refractivity contribution in [2.45, 2.75) is 38.8 Å². The van der Waals surface area contributed by atoms with Crippen molar-refractivity contribution in [3.05, 3.63) is 22.4 Å². The minimum absolute atomic E-state index is 0.0969. The minimum atomic E-state index is -0.492. The van der Waals surface area contributed by atoms with E-state index in [2.05, 4.69) is 28.6 Å². The fourth-order valence-electron chi connectivity index (χ4n) is 2.46. The number of hydrogen-bond acceptors (Lipinski definition) is 4. The van der Waals surface area contributed by atoms with Crippen molar-refractivity contribution in [3.8, 4) is 0 Å². The molecular formula is C15H24N2O2S. The van der Waals surface area contributed by atoms with E-state index in [-0.39, 0.29) is 11.9 Å². The summed E-state index contributed by atoms with van der Waals surface area (Å²) in [5.41, 5.74) is -0.492. The first-order valence-electron chi connectivity index (χ1n) is 7.23. The van der Waals surface area contributed by atoms with Gasteiger partial charge in [0, 0.05) is 18.0 Å². The quantitative estimate of drug-likeness (QED) is 0.907. The van der Waals surface area contributed by atoms with Crippen LogP contribution in [0.4, 0.5) is 0 Å². The molecule has 1 N–H and O–H groups in total. The van der Waals surface area contributed by atoms with Crippen molar-refractivity contribution in [3.63, 3.8) is 0 Å². The summed E-state index contributed by atoms with van der Waals surface area (Å²) in [5.74, 6) is 0.0969. The Morgan fingerprint density at radius 3 is 2.75 bits per heavy atom. The standard InChI is InChI=1S/C15H24N2O2S/c1-4-12(13-6-5-11-20-13)16-14(18)15(2,3)17-7-9-19-10-8-17/h5-6,11-12H,4,7-10H2,1-3H3,(H,16,18)/t12-/m1/s1. The molecule has 2 rings (SSSR count). The molecule has 0 radical (unpaired) electrons. The molecule has 1 aliphatic rings. The number of rotatable bonds is 5. The van der Waals surface area contributed by atoms with Gasteiger partial charge in [0.1, 0.15) is 0 Å². The second-order valence-corrected chi connectivity index (χ2v) is 6.59. The molecule has 1 aliphatic heterocycles. The van der Waals surface area contributed by atoms with Crippen molar-refractivity contribution in [1.29, 1.82) is 0 Å². The van der Waals surface area contributed by atoms with Crippen molar-refractivity contribution < 1.29 is 9.53 Å². The van der Waals surface area contributed by atoms with Crippen LogP contribution >= 0.6 is 11.3 Å². The van der Waals surface area contributed by atoms with E-state index in [9.17, 15) is 4.79 Å². The van der Waals surface area contributed by atoms with Gasteiger partial charge in [-0.25, -0.2) is 0 Å². The van der Waals surface area contributed by atoms with E-state index in [1.165, 1.54) is 4.88 Å². The molecule has 1 saturated heterocycles. The van der Waals surface area contributed by atoms with Crippen molar-refractivity contribution in [2.24, 2.45) is 0 Å². The Kier molecular flexibility index (Phi) is 5.18. The number of carbonyl (C=O) groups is 1. The van der Waals surface area contributed by atoms with Crippen molar-refractivity contribution >= 4 is 17.2 Å². The zero-order valence-electron chi connectivity index (χ0n) is 12.5. The zero-order chi connectivity index (χ0) is 14.6. The van der Waals surface area contributed by atoms with Gasteiger partial charge < -0.3 is 10.1 Å². The molecule has 1 fully saturated rings.